The summed E-state index contributed by atoms with van der Waals surface area (Å²) >= 11 is 0.993. The van der Waals surface area contributed by atoms with Crippen molar-refractivity contribution in [1.82, 2.24) is 0 Å². The van der Waals surface area contributed by atoms with Gasteiger partial charge in [0.15, 0.2) is 5.78 Å². The molecule has 0 radical (unpaired) electrons. The molecule has 4 nitrogen and oxygen atoms in total. The summed E-state index contributed by atoms with van der Waals surface area (Å²) in [5, 5.41) is -0.585. The van der Waals surface area contributed by atoms with Crippen molar-refractivity contribution in [3.8, 4) is 0 Å². The predicted molar refractivity (Wildman–Crippen MR) is 90.9 cm³/mol. The Morgan fingerprint density at radius 1 is 1.12 bits per heavy atom. The van der Waals surface area contributed by atoms with Crippen molar-refractivity contribution < 1.29 is 22.0 Å². The average molecular weight is 371 g/mol. The molecule has 0 saturated heterocycles. The molecular formula is C16H15F2NO3S2. The number of thioether (sulfide) groups is 1. The van der Waals surface area contributed by atoms with Crippen LogP contribution in [-0.4, -0.2) is 25.7 Å². The Morgan fingerprint density at radius 3 is 2.29 bits per heavy atom. The molecular weight excluding hydrogens is 356 g/mol. The van der Waals surface area contributed by atoms with E-state index in [-0.39, 0.29) is 10.7 Å². The molecule has 0 aliphatic carbocycles. The number of carbonyl (C=O) groups excluding carboxylic acids is 1. The van der Waals surface area contributed by atoms with E-state index in [1.807, 2.05) is 0 Å². The fourth-order valence-electron chi connectivity index (χ4n) is 1.97. The molecule has 1 atom stereocenters. The minimum atomic E-state index is -3.39. The summed E-state index contributed by atoms with van der Waals surface area (Å²) in [6.45, 7) is 1.62. The SMILES string of the molecule is CC(Sc1ccc(F)cc1F)C(=O)c1ccc(NS(C)(=O)=O)cc1. The van der Waals surface area contributed by atoms with Crippen LogP contribution >= 0.6 is 11.8 Å². The van der Waals surface area contributed by atoms with E-state index in [0.29, 0.717) is 11.3 Å². The summed E-state index contributed by atoms with van der Waals surface area (Å²) < 4.78 is 51.1. The first-order valence-electron chi connectivity index (χ1n) is 6.89. The van der Waals surface area contributed by atoms with Gasteiger partial charge in [-0.1, -0.05) is 0 Å². The summed E-state index contributed by atoms with van der Waals surface area (Å²) in [5.41, 5.74) is 0.718. The number of hydrogen-bond donors (Lipinski definition) is 1. The Labute approximate surface area is 143 Å². The average Bonchev–Trinajstić information content (AvgIpc) is 2.48. The maximum atomic E-state index is 13.6. The molecule has 8 heteroatoms. The first kappa shape index (κ1) is 18.4. The van der Waals surface area contributed by atoms with Crippen molar-refractivity contribution >= 4 is 33.3 Å². The molecule has 0 heterocycles. The molecule has 1 N–H and O–H groups in total. The maximum absolute atomic E-state index is 13.6. The molecule has 2 aromatic carbocycles. The first-order valence-corrected chi connectivity index (χ1v) is 9.66. The molecule has 2 aromatic rings. The molecule has 128 valence electrons. The summed E-state index contributed by atoms with van der Waals surface area (Å²) in [4.78, 5) is 12.6. The maximum Gasteiger partial charge on any atom is 0.229 e. The highest BCUT2D eigenvalue weighted by atomic mass is 32.2. The third-order valence-electron chi connectivity index (χ3n) is 3.04. The predicted octanol–water partition coefficient (Wildman–Crippen LogP) is 3.70. The van der Waals surface area contributed by atoms with Gasteiger partial charge in [0, 0.05) is 22.2 Å². The molecule has 0 aliphatic rings. The summed E-state index contributed by atoms with van der Waals surface area (Å²) in [7, 11) is -3.39. The zero-order valence-electron chi connectivity index (χ0n) is 12.9. The van der Waals surface area contributed by atoms with E-state index in [2.05, 4.69) is 4.72 Å². The van der Waals surface area contributed by atoms with Crippen molar-refractivity contribution in [2.24, 2.45) is 0 Å². The molecule has 0 bridgehead atoms. The molecule has 0 spiro atoms. The Balaban J connectivity index is 2.10. The van der Waals surface area contributed by atoms with Crippen LogP contribution in [-0.2, 0) is 10.0 Å². The standard InChI is InChI=1S/C16H15F2NO3S2/c1-10(23-15-8-5-12(17)9-14(15)18)16(20)11-3-6-13(7-4-11)19-24(2,21)22/h3-10,19H,1-2H3. The molecule has 0 fully saturated rings. The van der Waals surface area contributed by atoms with Gasteiger partial charge >= 0.3 is 0 Å². The van der Waals surface area contributed by atoms with Gasteiger partial charge in [-0.3, -0.25) is 9.52 Å². The quantitative estimate of drug-likeness (QED) is 0.621. The van der Waals surface area contributed by atoms with Gasteiger partial charge in [-0.25, -0.2) is 17.2 Å². The molecule has 0 aromatic heterocycles. The topological polar surface area (TPSA) is 63.2 Å². The third-order valence-corrected chi connectivity index (χ3v) is 4.80. The molecule has 0 aliphatic heterocycles. The third kappa shape index (κ3) is 5.04. The van der Waals surface area contributed by atoms with Crippen molar-refractivity contribution in [2.45, 2.75) is 17.1 Å². The highest BCUT2D eigenvalue weighted by Crippen LogP contribution is 2.28. The van der Waals surface area contributed by atoms with Gasteiger partial charge in [-0.05, 0) is 43.3 Å². The van der Waals surface area contributed by atoms with Gasteiger partial charge < -0.3 is 0 Å². The fraction of sp³-hybridized carbons (Fsp3) is 0.188. The van der Waals surface area contributed by atoms with Gasteiger partial charge in [0.1, 0.15) is 11.6 Å². The number of ketones is 1. The largest absolute Gasteiger partial charge is 0.293 e. The van der Waals surface area contributed by atoms with Crippen molar-refractivity contribution in [1.29, 1.82) is 0 Å². The molecule has 0 amide bonds. The second-order valence-electron chi connectivity index (χ2n) is 5.15. The number of hydrogen-bond acceptors (Lipinski definition) is 4. The van der Waals surface area contributed by atoms with Crippen molar-refractivity contribution in [3.05, 3.63) is 59.7 Å². The molecule has 24 heavy (non-hydrogen) atoms. The zero-order chi connectivity index (χ0) is 17.9. The summed E-state index contributed by atoms with van der Waals surface area (Å²) in [6, 6.07) is 9.13. The van der Waals surface area contributed by atoms with E-state index in [9.17, 15) is 22.0 Å². The van der Waals surface area contributed by atoms with Gasteiger partial charge in [-0.15, -0.1) is 11.8 Å². The number of nitrogens with one attached hydrogen (secondary N) is 1. The van der Waals surface area contributed by atoms with Crippen LogP contribution in [0.3, 0.4) is 0 Å². The van der Waals surface area contributed by atoms with Gasteiger partial charge in [0.05, 0.1) is 11.5 Å². The minimum Gasteiger partial charge on any atom is -0.293 e. The number of rotatable bonds is 6. The van der Waals surface area contributed by atoms with Gasteiger partial charge in [-0.2, -0.15) is 0 Å². The Kier molecular flexibility index (Phi) is 5.61. The molecule has 1 unspecified atom stereocenters. The summed E-state index contributed by atoms with van der Waals surface area (Å²) in [6.07, 6.45) is 1.03. The van der Waals surface area contributed by atoms with E-state index in [0.717, 1.165) is 30.2 Å². The van der Waals surface area contributed by atoms with Crippen LogP contribution in [0.25, 0.3) is 0 Å². The van der Waals surface area contributed by atoms with E-state index < -0.39 is 26.9 Å². The van der Waals surface area contributed by atoms with E-state index in [1.54, 1.807) is 6.92 Å². The van der Waals surface area contributed by atoms with Crippen LogP contribution in [0, 0.1) is 11.6 Å². The number of benzene rings is 2. The van der Waals surface area contributed by atoms with E-state index in [1.165, 1.54) is 30.3 Å². The van der Waals surface area contributed by atoms with Gasteiger partial charge in [0.2, 0.25) is 10.0 Å². The fourth-order valence-corrected chi connectivity index (χ4v) is 3.47. The number of carbonyl (C=O) groups is 1. The Morgan fingerprint density at radius 2 is 1.75 bits per heavy atom. The minimum absolute atomic E-state index is 0.188. The first-order chi connectivity index (χ1) is 11.2. The normalized spacial score (nSPS) is 12.7. The number of Topliss-reactive ketones (excluding diaryl/α,β-unsaturated/α-hetero) is 1. The molecule has 0 saturated carbocycles. The second-order valence-corrected chi connectivity index (χ2v) is 8.28. The van der Waals surface area contributed by atoms with Crippen LogP contribution in [0.5, 0.6) is 0 Å². The lowest BCUT2D eigenvalue weighted by Gasteiger charge is -2.12. The van der Waals surface area contributed by atoms with Crippen molar-refractivity contribution in [2.75, 3.05) is 11.0 Å². The lowest BCUT2D eigenvalue weighted by Crippen LogP contribution is -2.14. The van der Waals surface area contributed by atoms with Crippen LogP contribution in [0.4, 0.5) is 14.5 Å². The lowest BCUT2D eigenvalue weighted by molar-refractivity contribution is 0.0994. The molecule has 2 rings (SSSR count). The number of halogens is 2. The van der Waals surface area contributed by atoms with E-state index >= 15 is 0 Å². The second kappa shape index (κ2) is 7.31. The van der Waals surface area contributed by atoms with Crippen LogP contribution in [0.15, 0.2) is 47.4 Å². The van der Waals surface area contributed by atoms with E-state index in [4.69, 9.17) is 0 Å². The summed E-state index contributed by atoms with van der Waals surface area (Å²) in [5.74, 6) is -1.63. The monoisotopic (exact) mass is 371 g/mol. The van der Waals surface area contributed by atoms with Gasteiger partial charge in [0.25, 0.3) is 0 Å². The van der Waals surface area contributed by atoms with Crippen LogP contribution in [0.1, 0.15) is 17.3 Å². The van der Waals surface area contributed by atoms with Crippen LogP contribution < -0.4 is 4.72 Å². The zero-order valence-corrected chi connectivity index (χ0v) is 14.5. The smallest absolute Gasteiger partial charge is 0.229 e. The number of anilines is 1. The highest BCUT2D eigenvalue weighted by Gasteiger charge is 2.18. The highest BCUT2D eigenvalue weighted by molar-refractivity contribution is 8.00. The Bertz CT molecular complexity index is 852. The Hall–Kier alpha value is -1.93. The van der Waals surface area contributed by atoms with Crippen molar-refractivity contribution in [3.63, 3.8) is 0 Å². The number of sulfonamides is 1. The van der Waals surface area contributed by atoms with Crippen LogP contribution in [0.2, 0.25) is 0 Å². The lowest BCUT2D eigenvalue weighted by atomic mass is 10.1.